The Balaban J connectivity index is 1.68. The van der Waals surface area contributed by atoms with Gasteiger partial charge in [-0.1, -0.05) is 48.5 Å². The highest BCUT2D eigenvalue weighted by Crippen LogP contribution is 2.14. The third-order valence-electron chi connectivity index (χ3n) is 3.43. The number of nitrogens with one attached hydrogen (secondary N) is 2. The maximum absolute atomic E-state index is 12.3. The average molecular weight is 321 g/mol. The summed E-state index contributed by atoms with van der Waals surface area (Å²) in [5.74, 6) is -0.960. The van der Waals surface area contributed by atoms with Crippen molar-refractivity contribution in [2.24, 2.45) is 0 Å². The number of amides is 4. The summed E-state index contributed by atoms with van der Waals surface area (Å²) in [7, 11) is 0. The van der Waals surface area contributed by atoms with Crippen LogP contribution >= 0.6 is 0 Å². The minimum absolute atomic E-state index is 0.152. The van der Waals surface area contributed by atoms with Gasteiger partial charge in [0.1, 0.15) is 12.2 Å². The molecule has 120 valence electrons. The summed E-state index contributed by atoms with van der Waals surface area (Å²) in [4.78, 5) is 37.2. The van der Waals surface area contributed by atoms with E-state index in [1.54, 1.807) is 30.3 Å². The maximum atomic E-state index is 12.3. The lowest BCUT2D eigenvalue weighted by molar-refractivity contribution is -0.127. The average Bonchev–Trinajstić information content (AvgIpc) is 2.84. The fourth-order valence-corrected chi connectivity index (χ4v) is 2.30. The normalized spacial score (nSPS) is 15.5. The first kappa shape index (κ1) is 15.5. The second kappa shape index (κ2) is 6.78. The van der Waals surface area contributed by atoms with Crippen molar-refractivity contribution in [2.75, 3.05) is 11.9 Å². The second-order valence-electron chi connectivity index (χ2n) is 5.20. The molecule has 0 saturated carbocycles. The number of para-hydroxylation sites is 1. The number of hydrogen-bond donors (Lipinski definition) is 2. The number of carbonyl (C=O) groups is 3. The molecule has 1 aliphatic rings. The number of carbonyl (C=O) groups excluding carboxylic acids is 3. The molecule has 1 aliphatic heterocycles. The van der Waals surface area contributed by atoms with Crippen molar-refractivity contribution in [3.63, 3.8) is 0 Å². The quantitative estimate of drug-likeness (QED) is 0.669. The van der Waals surface area contributed by atoms with E-state index in [2.05, 4.69) is 10.6 Å². The molecule has 1 heterocycles. The van der Waals surface area contributed by atoms with Crippen molar-refractivity contribution in [1.82, 2.24) is 10.2 Å². The third-order valence-corrected chi connectivity index (χ3v) is 3.43. The zero-order valence-electron chi connectivity index (χ0n) is 12.7. The maximum Gasteiger partial charge on any atom is 0.329 e. The fourth-order valence-electron chi connectivity index (χ4n) is 2.30. The monoisotopic (exact) mass is 321 g/mol. The van der Waals surface area contributed by atoms with Crippen LogP contribution in [0.4, 0.5) is 10.5 Å². The number of urea groups is 1. The van der Waals surface area contributed by atoms with Gasteiger partial charge in [-0.2, -0.15) is 0 Å². The van der Waals surface area contributed by atoms with Gasteiger partial charge >= 0.3 is 6.03 Å². The number of benzene rings is 2. The molecule has 2 aromatic carbocycles. The van der Waals surface area contributed by atoms with Crippen LogP contribution in [-0.4, -0.2) is 29.3 Å². The Morgan fingerprint density at radius 1 is 1.00 bits per heavy atom. The van der Waals surface area contributed by atoms with Gasteiger partial charge in [0.2, 0.25) is 5.91 Å². The second-order valence-corrected chi connectivity index (χ2v) is 5.20. The topological polar surface area (TPSA) is 78.5 Å². The molecule has 0 atom stereocenters. The van der Waals surface area contributed by atoms with Crippen molar-refractivity contribution in [3.8, 4) is 0 Å². The first-order valence-corrected chi connectivity index (χ1v) is 7.38. The minimum atomic E-state index is -0.606. The van der Waals surface area contributed by atoms with Gasteiger partial charge in [-0.15, -0.1) is 0 Å². The third kappa shape index (κ3) is 3.49. The molecule has 24 heavy (non-hydrogen) atoms. The number of anilines is 1. The van der Waals surface area contributed by atoms with Gasteiger partial charge in [0.15, 0.2) is 0 Å². The molecule has 4 amide bonds. The predicted octanol–water partition coefficient (Wildman–Crippen LogP) is 2.22. The van der Waals surface area contributed by atoms with E-state index in [4.69, 9.17) is 0 Å². The molecule has 0 unspecified atom stereocenters. The van der Waals surface area contributed by atoms with E-state index < -0.39 is 17.8 Å². The zero-order chi connectivity index (χ0) is 16.9. The van der Waals surface area contributed by atoms with Gasteiger partial charge in [-0.25, -0.2) is 9.69 Å². The standard InChI is InChI=1S/C18H15N3O3/c22-16(19-14-9-5-2-6-10-14)12-21-17(23)15(20-18(21)24)11-13-7-3-1-4-8-13/h1-11H,12H2,(H,19,22)(H,20,24)/b15-11+. The molecule has 1 fully saturated rings. The van der Waals surface area contributed by atoms with Gasteiger partial charge in [0.05, 0.1) is 0 Å². The predicted molar refractivity (Wildman–Crippen MR) is 89.7 cm³/mol. The van der Waals surface area contributed by atoms with Gasteiger partial charge < -0.3 is 10.6 Å². The number of imide groups is 1. The van der Waals surface area contributed by atoms with Crippen LogP contribution in [0.15, 0.2) is 66.4 Å². The lowest BCUT2D eigenvalue weighted by atomic mass is 10.2. The lowest BCUT2D eigenvalue weighted by Gasteiger charge is -2.11. The number of rotatable bonds is 4. The van der Waals surface area contributed by atoms with E-state index >= 15 is 0 Å². The van der Waals surface area contributed by atoms with E-state index in [-0.39, 0.29) is 12.2 Å². The van der Waals surface area contributed by atoms with Crippen LogP contribution in [0.5, 0.6) is 0 Å². The van der Waals surface area contributed by atoms with Crippen LogP contribution in [0.25, 0.3) is 6.08 Å². The molecule has 3 rings (SSSR count). The summed E-state index contributed by atoms with van der Waals surface area (Å²) in [5, 5.41) is 5.13. The first-order valence-electron chi connectivity index (χ1n) is 7.38. The van der Waals surface area contributed by atoms with E-state index in [0.717, 1.165) is 10.5 Å². The minimum Gasteiger partial charge on any atom is -0.325 e. The Bertz CT molecular complexity index is 801. The van der Waals surface area contributed by atoms with Crippen LogP contribution in [0.3, 0.4) is 0 Å². The van der Waals surface area contributed by atoms with E-state index in [1.807, 2.05) is 36.4 Å². The van der Waals surface area contributed by atoms with Crippen molar-refractivity contribution in [3.05, 3.63) is 71.9 Å². The molecule has 0 bridgehead atoms. The summed E-state index contributed by atoms with van der Waals surface area (Å²) in [6.07, 6.45) is 1.58. The van der Waals surface area contributed by atoms with Crippen molar-refractivity contribution < 1.29 is 14.4 Å². The summed E-state index contributed by atoms with van der Waals surface area (Å²) in [5.41, 5.74) is 1.55. The molecule has 6 heteroatoms. The molecule has 1 saturated heterocycles. The summed E-state index contributed by atoms with van der Waals surface area (Å²) < 4.78 is 0. The Morgan fingerprint density at radius 3 is 2.29 bits per heavy atom. The van der Waals surface area contributed by atoms with Crippen LogP contribution in [0.2, 0.25) is 0 Å². The summed E-state index contributed by atoms with van der Waals surface area (Å²) in [6, 6.07) is 17.4. The Labute approximate surface area is 138 Å². The molecule has 0 radical (unpaired) electrons. The van der Waals surface area contributed by atoms with Gasteiger partial charge in [-0.05, 0) is 23.8 Å². The van der Waals surface area contributed by atoms with Crippen molar-refractivity contribution in [1.29, 1.82) is 0 Å². The van der Waals surface area contributed by atoms with Gasteiger partial charge in [0, 0.05) is 5.69 Å². The Hall–Kier alpha value is -3.41. The van der Waals surface area contributed by atoms with Crippen LogP contribution < -0.4 is 10.6 Å². The number of nitrogens with zero attached hydrogens (tertiary/aromatic N) is 1. The van der Waals surface area contributed by atoms with Crippen molar-refractivity contribution in [2.45, 2.75) is 0 Å². The van der Waals surface area contributed by atoms with E-state index in [1.165, 1.54) is 0 Å². The number of hydrogen-bond acceptors (Lipinski definition) is 3. The van der Waals surface area contributed by atoms with Crippen molar-refractivity contribution >= 4 is 29.6 Å². The highest BCUT2D eigenvalue weighted by Gasteiger charge is 2.34. The van der Waals surface area contributed by atoms with Crippen LogP contribution in [0, 0.1) is 0 Å². The molecule has 6 nitrogen and oxygen atoms in total. The Morgan fingerprint density at radius 2 is 1.62 bits per heavy atom. The molecular formula is C18H15N3O3. The SMILES string of the molecule is O=C(CN1C(=O)N/C(=C/c2ccccc2)C1=O)Nc1ccccc1. The molecule has 2 aromatic rings. The van der Waals surface area contributed by atoms with Crippen LogP contribution in [-0.2, 0) is 9.59 Å². The molecule has 0 spiro atoms. The highest BCUT2D eigenvalue weighted by atomic mass is 16.2. The van der Waals surface area contributed by atoms with Gasteiger partial charge in [-0.3, -0.25) is 9.59 Å². The highest BCUT2D eigenvalue weighted by molar-refractivity contribution is 6.15. The summed E-state index contributed by atoms with van der Waals surface area (Å²) >= 11 is 0. The molecular weight excluding hydrogens is 306 g/mol. The Kier molecular flexibility index (Phi) is 4.38. The molecule has 0 aliphatic carbocycles. The molecule has 0 aromatic heterocycles. The lowest BCUT2D eigenvalue weighted by Crippen LogP contribution is -2.38. The van der Waals surface area contributed by atoms with E-state index in [9.17, 15) is 14.4 Å². The zero-order valence-corrected chi connectivity index (χ0v) is 12.7. The smallest absolute Gasteiger partial charge is 0.325 e. The fraction of sp³-hybridized carbons (Fsp3) is 0.0556. The first-order chi connectivity index (χ1) is 11.6. The van der Waals surface area contributed by atoms with E-state index in [0.29, 0.717) is 5.69 Å². The van der Waals surface area contributed by atoms with Crippen LogP contribution in [0.1, 0.15) is 5.56 Å². The molecule has 2 N–H and O–H groups in total. The summed E-state index contributed by atoms with van der Waals surface area (Å²) in [6.45, 7) is -0.342. The largest absolute Gasteiger partial charge is 0.329 e. The van der Waals surface area contributed by atoms with Gasteiger partial charge in [0.25, 0.3) is 5.91 Å².